The average molecular weight is 466 g/mol. The van der Waals surface area contributed by atoms with E-state index >= 15 is 0 Å². The Morgan fingerprint density at radius 3 is 2.12 bits per heavy atom. The van der Waals surface area contributed by atoms with Gasteiger partial charge in [0, 0.05) is 20.0 Å². The van der Waals surface area contributed by atoms with E-state index in [9.17, 15) is 14.4 Å². The van der Waals surface area contributed by atoms with Gasteiger partial charge in [0.05, 0.1) is 11.1 Å². The lowest BCUT2D eigenvalue weighted by molar-refractivity contribution is -0.188. The molecule has 1 unspecified atom stereocenters. The lowest BCUT2D eigenvalue weighted by Crippen LogP contribution is -2.41. The molecule has 178 valence electrons. The topological polar surface area (TPSA) is 97.4 Å². The molecule has 8 heteroatoms. The van der Waals surface area contributed by atoms with Crippen LogP contribution in [-0.4, -0.2) is 55.7 Å². The molecule has 0 bridgehead atoms. The molecule has 2 aromatic rings. The number of benzene rings is 2. The van der Waals surface area contributed by atoms with Crippen molar-refractivity contribution in [2.24, 2.45) is 0 Å². The van der Waals surface area contributed by atoms with Crippen molar-refractivity contribution in [1.82, 2.24) is 0 Å². The minimum Gasteiger partial charge on any atom is -0.459 e. The van der Waals surface area contributed by atoms with E-state index in [4.69, 9.17) is 30.1 Å². The van der Waals surface area contributed by atoms with Crippen LogP contribution < -0.4 is 0 Å². The van der Waals surface area contributed by atoms with Gasteiger partial charge in [0.25, 0.3) is 0 Å². The van der Waals surface area contributed by atoms with Crippen molar-refractivity contribution in [2.75, 3.05) is 13.2 Å². The van der Waals surface area contributed by atoms with Crippen LogP contribution in [0.5, 0.6) is 0 Å². The van der Waals surface area contributed by atoms with Gasteiger partial charge in [-0.1, -0.05) is 36.4 Å². The number of terminal acetylenes is 1. The summed E-state index contributed by atoms with van der Waals surface area (Å²) in [5, 5.41) is 0. The lowest BCUT2D eigenvalue weighted by atomic mass is 10.1. The highest BCUT2D eigenvalue weighted by Gasteiger charge is 2.50. The first-order chi connectivity index (χ1) is 16.5. The van der Waals surface area contributed by atoms with Gasteiger partial charge in [0.1, 0.15) is 18.8 Å². The van der Waals surface area contributed by atoms with E-state index in [0.29, 0.717) is 24.0 Å². The second-order valence-electron chi connectivity index (χ2n) is 7.50. The molecule has 3 rings (SSSR count). The summed E-state index contributed by atoms with van der Waals surface area (Å²) < 4.78 is 28.1. The zero-order chi connectivity index (χ0) is 24.3. The number of rotatable bonds is 10. The largest absolute Gasteiger partial charge is 0.459 e. The minimum atomic E-state index is -1.23. The fourth-order valence-electron chi connectivity index (χ4n) is 3.39. The molecular formula is C26H26O8. The van der Waals surface area contributed by atoms with Crippen LogP contribution in [0, 0.1) is 12.3 Å². The van der Waals surface area contributed by atoms with Crippen LogP contribution in [-0.2, 0) is 28.5 Å². The van der Waals surface area contributed by atoms with Crippen LogP contribution in [0.25, 0.3) is 0 Å². The zero-order valence-corrected chi connectivity index (χ0v) is 18.8. The molecule has 1 aliphatic rings. The Kier molecular flexibility index (Phi) is 9.21. The Bertz CT molecular complexity index is 998. The summed E-state index contributed by atoms with van der Waals surface area (Å²) >= 11 is 0. The Morgan fingerprint density at radius 2 is 1.53 bits per heavy atom. The molecule has 1 heterocycles. The second-order valence-corrected chi connectivity index (χ2v) is 7.50. The average Bonchev–Trinajstić information content (AvgIpc) is 3.16. The smallest absolute Gasteiger partial charge is 0.338 e. The van der Waals surface area contributed by atoms with Crippen molar-refractivity contribution < 1.29 is 38.1 Å². The highest BCUT2D eigenvalue weighted by Crippen LogP contribution is 2.29. The first-order valence-corrected chi connectivity index (χ1v) is 10.9. The Morgan fingerprint density at radius 1 is 0.912 bits per heavy atom. The van der Waals surface area contributed by atoms with Gasteiger partial charge in [-0.25, -0.2) is 9.59 Å². The fourth-order valence-corrected chi connectivity index (χ4v) is 3.39. The summed E-state index contributed by atoms with van der Waals surface area (Å²) in [4.78, 5) is 36.8. The summed E-state index contributed by atoms with van der Waals surface area (Å²) in [6, 6.07) is 16.8. The lowest BCUT2D eigenvalue weighted by Gasteiger charge is -2.24. The van der Waals surface area contributed by atoms with E-state index in [2.05, 4.69) is 5.92 Å². The van der Waals surface area contributed by atoms with Gasteiger partial charge in [-0.15, -0.1) is 12.3 Å². The Labute approximate surface area is 198 Å². The molecule has 0 radical (unpaired) electrons. The number of ether oxygens (including phenoxy) is 5. The molecule has 0 spiro atoms. The molecule has 2 aromatic carbocycles. The van der Waals surface area contributed by atoms with Crippen molar-refractivity contribution in [3.63, 3.8) is 0 Å². The van der Waals surface area contributed by atoms with E-state index in [0.717, 1.165) is 0 Å². The quantitative estimate of drug-likeness (QED) is 0.228. The highest BCUT2D eigenvalue weighted by atomic mass is 16.7. The van der Waals surface area contributed by atoms with Crippen LogP contribution in [0.1, 0.15) is 40.5 Å². The van der Waals surface area contributed by atoms with Gasteiger partial charge in [-0.3, -0.25) is 4.79 Å². The van der Waals surface area contributed by atoms with E-state index in [1.807, 2.05) is 0 Å². The Balaban J connectivity index is 1.76. The highest BCUT2D eigenvalue weighted by molar-refractivity contribution is 5.90. The maximum atomic E-state index is 12.7. The zero-order valence-electron chi connectivity index (χ0n) is 18.8. The molecule has 34 heavy (non-hydrogen) atoms. The molecule has 0 N–H and O–H groups in total. The van der Waals surface area contributed by atoms with E-state index < -0.39 is 42.5 Å². The molecule has 1 fully saturated rings. The van der Waals surface area contributed by atoms with Gasteiger partial charge in [0.15, 0.2) is 6.10 Å². The van der Waals surface area contributed by atoms with Crippen molar-refractivity contribution in [1.29, 1.82) is 0 Å². The normalized spacial score (nSPS) is 21.3. The third-order valence-electron chi connectivity index (χ3n) is 4.97. The monoisotopic (exact) mass is 466 g/mol. The molecule has 0 aliphatic carbocycles. The molecule has 0 saturated carbocycles. The van der Waals surface area contributed by atoms with Gasteiger partial charge in [-0.05, 0) is 30.7 Å². The first kappa shape index (κ1) is 25.0. The minimum absolute atomic E-state index is 0.204. The van der Waals surface area contributed by atoms with E-state index in [-0.39, 0.29) is 13.2 Å². The van der Waals surface area contributed by atoms with Crippen LogP contribution in [0.15, 0.2) is 60.7 Å². The number of carbonyl (C=O) groups is 3. The van der Waals surface area contributed by atoms with Crippen LogP contribution in [0.3, 0.4) is 0 Å². The SMILES string of the molecule is C#CCCCO[C@@H]1[C@@H](COC(=O)c2ccccc2)OC(OC(C)=O)[C@@H]1OC(=O)c1ccccc1. The van der Waals surface area contributed by atoms with Crippen molar-refractivity contribution >= 4 is 17.9 Å². The van der Waals surface area contributed by atoms with Crippen molar-refractivity contribution in [2.45, 2.75) is 44.4 Å². The predicted molar refractivity (Wildman–Crippen MR) is 121 cm³/mol. The van der Waals surface area contributed by atoms with Crippen LogP contribution >= 0.6 is 0 Å². The summed E-state index contributed by atoms with van der Waals surface area (Å²) in [5.41, 5.74) is 0.685. The third kappa shape index (κ3) is 6.91. The third-order valence-corrected chi connectivity index (χ3v) is 4.97. The van der Waals surface area contributed by atoms with Crippen LogP contribution in [0.4, 0.5) is 0 Å². The molecule has 1 saturated heterocycles. The summed E-state index contributed by atoms with van der Waals surface area (Å²) in [6.45, 7) is 1.25. The number of hydrogen-bond acceptors (Lipinski definition) is 8. The summed E-state index contributed by atoms with van der Waals surface area (Å²) in [6.07, 6.45) is 2.33. The molecule has 0 aromatic heterocycles. The number of unbranched alkanes of at least 4 members (excludes halogenated alkanes) is 1. The van der Waals surface area contributed by atoms with Gasteiger partial charge < -0.3 is 23.7 Å². The van der Waals surface area contributed by atoms with Crippen molar-refractivity contribution in [3.05, 3.63) is 71.8 Å². The predicted octanol–water partition coefficient (Wildman–Crippen LogP) is 3.16. The number of carbonyl (C=O) groups excluding carboxylic acids is 3. The van der Waals surface area contributed by atoms with Gasteiger partial charge in [0.2, 0.25) is 6.29 Å². The number of esters is 3. The van der Waals surface area contributed by atoms with Crippen LogP contribution in [0.2, 0.25) is 0 Å². The molecular weight excluding hydrogens is 440 g/mol. The van der Waals surface area contributed by atoms with Gasteiger partial charge in [-0.2, -0.15) is 0 Å². The molecule has 0 amide bonds. The van der Waals surface area contributed by atoms with E-state index in [1.54, 1.807) is 60.7 Å². The molecule has 8 nitrogen and oxygen atoms in total. The molecule has 4 atom stereocenters. The standard InChI is InChI=1S/C26H26O8/c1-3-4-11-16-30-22-21(17-31-24(28)19-12-7-5-8-13-19)33-26(32-18(2)27)23(22)34-25(29)20-14-9-6-10-15-20/h1,5-10,12-15,21-23,26H,4,11,16-17H2,2H3/t21-,22-,23-,26?/m1/s1. The summed E-state index contributed by atoms with van der Waals surface area (Å²) in [5.74, 6) is 0.715. The maximum absolute atomic E-state index is 12.7. The second kappa shape index (κ2) is 12.5. The van der Waals surface area contributed by atoms with Gasteiger partial charge >= 0.3 is 17.9 Å². The first-order valence-electron chi connectivity index (χ1n) is 10.9. The fraction of sp³-hybridized carbons (Fsp3) is 0.346. The molecule has 1 aliphatic heterocycles. The summed E-state index contributed by atoms with van der Waals surface area (Å²) in [7, 11) is 0. The maximum Gasteiger partial charge on any atom is 0.338 e. The number of hydrogen-bond donors (Lipinski definition) is 0. The van der Waals surface area contributed by atoms with Crippen molar-refractivity contribution in [3.8, 4) is 12.3 Å². The Hall–Kier alpha value is -3.67. The van der Waals surface area contributed by atoms with E-state index in [1.165, 1.54) is 6.92 Å².